The highest BCUT2D eigenvalue weighted by Crippen LogP contribution is 2.47. The van der Waals surface area contributed by atoms with Gasteiger partial charge >= 0.3 is 12.2 Å². The minimum atomic E-state index is -1.68. The van der Waals surface area contributed by atoms with E-state index in [2.05, 4.69) is 20.8 Å². The molecule has 34 heavy (non-hydrogen) atoms. The lowest BCUT2D eigenvalue weighted by Crippen LogP contribution is -2.61. The molecule has 198 valence electrons. The predicted octanol–water partition coefficient (Wildman–Crippen LogP) is 4.60. The van der Waals surface area contributed by atoms with Crippen LogP contribution >= 0.6 is 0 Å². The van der Waals surface area contributed by atoms with E-state index in [1.54, 1.807) is 9.80 Å². The molecule has 0 bridgehead atoms. The average molecular weight is 501 g/mol. The first-order chi connectivity index (χ1) is 15.2. The van der Waals surface area contributed by atoms with E-state index < -0.39 is 38.2 Å². The quantitative estimate of drug-likeness (QED) is 0.568. The second-order valence-corrected chi connectivity index (χ2v) is 15.6. The summed E-state index contributed by atoms with van der Waals surface area (Å²) >= 11 is 0. The number of likely N-dealkylation sites (tertiary alicyclic amines) is 2. The Kier molecular flexibility index (Phi) is 8.48. The Morgan fingerprint density at radius 2 is 1.47 bits per heavy atom. The molecule has 2 heterocycles. The molecule has 2 saturated heterocycles. The number of carbonyl (C=O) groups excluding carboxylic acids is 2. The molecular formula is C25H48N2O6Si. The zero-order valence-electron chi connectivity index (χ0n) is 23.2. The fraction of sp³-hybridized carbons (Fsp3) is 0.920. The van der Waals surface area contributed by atoms with Crippen LogP contribution in [0.15, 0.2) is 0 Å². The van der Waals surface area contributed by atoms with Gasteiger partial charge in [-0.2, -0.15) is 0 Å². The Bertz CT molecular complexity index is 739. The summed E-state index contributed by atoms with van der Waals surface area (Å²) in [5, 5.41) is 11.9. The summed E-state index contributed by atoms with van der Waals surface area (Å²) in [6.45, 7) is 22.9. The van der Waals surface area contributed by atoms with Crippen molar-refractivity contribution in [1.82, 2.24) is 9.80 Å². The van der Waals surface area contributed by atoms with Crippen LogP contribution in [0.1, 0.15) is 75.2 Å². The van der Waals surface area contributed by atoms with Crippen molar-refractivity contribution in [3.8, 4) is 0 Å². The Morgan fingerprint density at radius 1 is 0.941 bits per heavy atom. The van der Waals surface area contributed by atoms with E-state index in [9.17, 15) is 14.7 Å². The number of nitrogens with zero attached hydrogens (tertiary/aromatic N) is 2. The van der Waals surface area contributed by atoms with Gasteiger partial charge in [-0.25, -0.2) is 9.59 Å². The molecule has 0 aromatic rings. The van der Waals surface area contributed by atoms with Crippen molar-refractivity contribution < 1.29 is 28.6 Å². The Labute approximate surface area is 208 Å². The van der Waals surface area contributed by atoms with E-state index in [0.717, 1.165) is 0 Å². The number of hydrogen-bond donors (Lipinski definition) is 1. The summed E-state index contributed by atoms with van der Waals surface area (Å²) in [6, 6.07) is 0. The minimum absolute atomic E-state index is 0.0815. The first-order valence-corrected chi connectivity index (χ1v) is 15.4. The number of ether oxygens (including phenoxy) is 2. The lowest BCUT2D eigenvalue weighted by Gasteiger charge is -2.45. The fourth-order valence-electron chi connectivity index (χ4n) is 4.80. The minimum Gasteiger partial charge on any atom is -0.444 e. The number of amides is 2. The molecular weight excluding hydrogens is 452 g/mol. The zero-order valence-corrected chi connectivity index (χ0v) is 24.4. The van der Waals surface area contributed by atoms with Gasteiger partial charge in [0, 0.05) is 32.0 Å². The largest absolute Gasteiger partial charge is 0.444 e. The Balaban J connectivity index is 2.38. The van der Waals surface area contributed by atoms with Crippen molar-refractivity contribution in [2.45, 2.75) is 111 Å². The third-order valence-electron chi connectivity index (χ3n) is 6.46. The number of carbonyl (C=O) groups is 2. The van der Waals surface area contributed by atoms with E-state index in [-0.39, 0.29) is 23.3 Å². The first kappa shape index (κ1) is 28.9. The first-order valence-electron chi connectivity index (χ1n) is 12.6. The molecule has 9 heteroatoms. The molecule has 2 amide bonds. The van der Waals surface area contributed by atoms with Gasteiger partial charge in [0.25, 0.3) is 0 Å². The molecule has 0 saturated carbocycles. The van der Waals surface area contributed by atoms with Gasteiger partial charge in [0.15, 0.2) is 14.8 Å². The second-order valence-electron chi connectivity index (χ2n) is 13.3. The summed E-state index contributed by atoms with van der Waals surface area (Å²) < 4.78 is 17.9. The monoisotopic (exact) mass is 500 g/mol. The molecule has 8 nitrogen and oxygen atoms in total. The van der Waals surface area contributed by atoms with Crippen LogP contribution in [0.3, 0.4) is 0 Å². The molecule has 0 aromatic heterocycles. The van der Waals surface area contributed by atoms with Gasteiger partial charge in [-0.3, -0.25) is 4.90 Å². The molecule has 2 aliphatic heterocycles. The van der Waals surface area contributed by atoms with Crippen molar-refractivity contribution in [3.05, 3.63) is 0 Å². The third kappa shape index (κ3) is 7.10. The van der Waals surface area contributed by atoms with Crippen LogP contribution in [0.2, 0.25) is 13.1 Å². The zero-order chi connectivity index (χ0) is 26.3. The van der Waals surface area contributed by atoms with Gasteiger partial charge in [0.2, 0.25) is 0 Å². The molecule has 2 aliphatic rings. The van der Waals surface area contributed by atoms with E-state index in [1.807, 2.05) is 54.6 Å². The standard InChI is InChI=1S/C25H48N2O6Si/c1-22(2,3)18-14-25(33-34(10)11,27(16-18)21(30)32-24(7,8)9)19(28)17-12-13-26(15-17)20(29)31-23(4,5)6/h17-19,28,34H,12-16H2,1-11H3/t17?,18-,19?,25+/m1/s1. The maximum atomic E-state index is 13.4. The Hall–Kier alpha value is -1.32. The van der Waals surface area contributed by atoms with Crippen molar-refractivity contribution in [3.63, 3.8) is 0 Å². The highest BCUT2D eigenvalue weighted by Gasteiger charge is 2.59. The molecule has 0 aromatic carbocycles. The molecule has 2 unspecified atom stereocenters. The second kappa shape index (κ2) is 9.97. The van der Waals surface area contributed by atoms with Crippen molar-refractivity contribution >= 4 is 21.2 Å². The van der Waals surface area contributed by atoms with E-state index >= 15 is 0 Å². The van der Waals surface area contributed by atoms with Gasteiger partial charge in [-0.15, -0.1) is 0 Å². The third-order valence-corrected chi connectivity index (χ3v) is 7.34. The van der Waals surface area contributed by atoms with Crippen molar-refractivity contribution in [2.24, 2.45) is 17.3 Å². The summed E-state index contributed by atoms with van der Waals surface area (Å²) in [4.78, 5) is 29.3. The lowest BCUT2D eigenvalue weighted by atomic mass is 9.77. The summed E-state index contributed by atoms with van der Waals surface area (Å²) in [6.07, 6.45) is -0.638. The SMILES string of the molecule is C[SiH](C)O[C@]1(C(O)C2CCN(C(=O)OC(C)(C)C)C2)C[C@@H](C(C)(C)C)CN1C(=O)OC(C)(C)C. The summed E-state index contributed by atoms with van der Waals surface area (Å²) in [7, 11) is -1.68. The highest BCUT2D eigenvalue weighted by atomic mass is 28.3. The van der Waals surface area contributed by atoms with Crippen LogP contribution in [0, 0.1) is 17.3 Å². The number of rotatable bonds is 4. The van der Waals surface area contributed by atoms with Gasteiger partial charge in [-0.1, -0.05) is 20.8 Å². The molecule has 0 radical (unpaired) electrons. The number of hydrogen-bond acceptors (Lipinski definition) is 6. The van der Waals surface area contributed by atoms with Gasteiger partial charge in [-0.05, 0) is 72.4 Å². The normalized spacial score (nSPS) is 27.3. The van der Waals surface area contributed by atoms with Crippen LogP contribution in [-0.2, 0) is 13.9 Å². The molecule has 2 rings (SSSR count). The number of aliphatic hydroxyl groups excluding tert-OH is 1. The fourth-order valence-corrected chi connectivity index (χ4v) is 5.98. The predicted molar refractivity (Wildman–Crippen MR) is 135 cm³/mol. The van der Waals surface area contributed by atoms with Crippen LogP contribution < -0.4 is 0 Å². The van der Waals surface area contributed by atoms with E-state index in [4.69, 9.17) is 13.9 Å². The number of aliphatic hydroxyl groups is 1. The maximum absolute atomic E-state index is 13.4. The highest BCUT2D eigenvalue weighted by molar-refractivity contribution is 6.48. The molecule has 0 spiro atoms. The van der Waals surface area contributed by atoms with Crippen molar-refractivity contribution in [1.29, 1.82) is 0 Å². The van der Waals surface area contributed by atoms with Gasteiger partial charge < -0.3 is 23.9 Å². The van der Waals surface area contributed by atoms with Crippen LogP contribution in [0.4, 0.5) is 9.59 Å². The van der Waals surface area contributed by atoms with Crippen molar-refractivity contribution in [2.75, 3.05) is 19.6 Å². The lowest BCUT2D eigenvalue weighted by molar-refractivity contribution is -0.154. The van der Waals surface area contributed by atoms with E-state index in [0.29, 0.717) is 32.5 Å². The van der Waals surface area contributed by atoms with Crippen LogP contribution in [0.25, 0.3) is 0 Å². The van der Waals surface area contributed by atoms with E-state index in [1.165, 1.54) is 0 Å². The maximum Gasteiger partial charge on any atom is 0.412 e. The molecule has 0 aliphatic carbocycles. The van der Waals surface area contributed by atoms with Gasteiger partial charge in [0.05, 0.1) is 0 Å². The smallest absolute Gasteiger partial charge is 0.412 e. The van der Waals surface area contributed by atoms with Crippen LogP contribution in [0.5, 0.6) is 0 Å². The summed E-state index contributed by atoms with van der Waals surface area (Å²) in [5.74, 6) is -0.102. The average Bonchev–Trinajstić information content (AvgIpc) is 3.23. The van der Waals surface area contributed by atoms with Gasteiger partial charge in [0.1, 0.15) is 17.3 Å². The molecule has 4 atom stereocenters. The van der Waals surface area contributed by atoms with Crippen LogP contribution in [-0.4, -0.2) is 78.8 Å². The molecule has 1 N–H and O–H groups in total. The topological polar surface area (TPSA) is 88.5 Å². The summed E-state index contributed by atoms with van der Waals surface area (Å²) in [5.41, 5.74) is -2.50. The molecule has 2 fully saturated rings. The Morgan fingerprint density at radius 3 is 1.94 bits per heavy atom.